The van der Waals surface area contributed by atoms with Crippen LogP contribution in [0.4, 0.5) is 0 Å². The lowest BCUT2D eigenvalue weighted by Gasteiger charge is -2.05. The van der Waals surface area contributed by atoms with E-state index in [1.165, 1.54) is 0 Å². The highest BCUT2D eigenvalue weighted by Crippen LogP contribution is 2.53. The molecule has 0 amide bonds. The van der Waals surface area contributed by atoms with Crippen LogP contribution in [0.15, 0.2) is 12.7 Å². The maximum absolute atomic E-state index is 9.22. The van der Waals surface area contributed by atoms with Gasteiger partial charge >= 0.3 is 0 Å². The van der Waals surface area contributed by atoms with E-state index in [0.717, 1.165) is 6.42 Å². The summed E-state index contributed by atoms with van der Waals surface area (Å²) in [6.45, 7) is 7.88. The van der Waals surface area contributed by atoms with E-state index in [1.807, 2.05) is 0 Å². The first-order valence-corrected chi connectivity index (χ1v) is 3.38. The minimum absolute atomic E-state index is 0.278. The first-order chi connectivity index (χ1) is 4.08. The van der Waals surface area contributed by atoms with Crippen molar-refractivity contribution >= 4 is 0 Å². The van der Waals surface area contributed by atoms with Crippen LogP contribution in [-0.4, -0.2) is 11.2 Å². The van der Waals surface area contributed by atoms with E-state index in [-0.39, 0.29) is 6.10 Å². The van der Waals surface area contributed by atoms with Crippen LogP contribution >= 0.6 is 0 Å². The van der Waals surface area contributed by atoms with Crippen LogP contribution in [-0.2, 0) is 0 Å². The fourth-order valence-corrected chi connectivity index (χ4v) is 1.26. The molecule has 0 spiro atoms. The van der Waals surface area contributed by atoms with Gasteiger partial charge in [-0.25, -0.2) is 0 Å². The van der Waals surface area contributed by atoms with Crippen molar-refractivity contribution in [1.82, 2.24) is 0 Å². The normalized spacial score (nSPS) is 33.4. The van der Waals surface area contributed by atoms with E-state index < -0.39 is 0 Å². The molecule has 0 aromatic rings. The first kappa shape index (κ1) is 6.81. The smallest absolute Gasteiger partial charge is 0.0751 e. The Hall–Kier alpha value is -0.300. The van der Waals surface area contributed by atoms with Crippen LogP contribution in [0.25, 0.3) is 0 Å². The van der Waals surface area contributed by atoms with Gasteiger partial charge in [0, 0.05) is 0 Å². The maximum atomic E-state index is 9.22. The number of aliphatic hydroxyl groups is 1. The predicted octanol–water partition coefficient (Wildman–Crippen LogP) is 1.58. The Bertz CT molecular complexity index is 127. The van der Waals surface area contributed by atoms with Gasteiger partial charge in [-0.1, -0.05) is 19.9 Å². The van der Waals surface area contributed by atoms with Crippen LogP contribution < -0.4 is 0 Å². The van der Waals surface area contributed by atoms with Gasteiger partial charge in [0.1, 0.15) is 0 Å². The van der Waals surface area contributed by atoms with Gasteiger partial charge in [0.05, 0.1) is 6.10 Å². The van der Waals surface area contributed by atoms with E-state index in [9.17, 15) is 5.11 Å². The summed E-state index contributed by atoms with van der Waals surface area (Å²) < 4.78 is 0. The highest BCUT2D eigenvalue weighted by molar-refractivity contribution is 5.03. The third-order valence-electron chi connectivity index (χ3n) is 2.24. The standard InChI is InChI=1S/C8H14O/c1-4-7(9)6-5-8(6,2)3/h4,6-7,9H,1,5H2,2-3H3. The zero-order valence-corrected chi connectivity index (χ0v) is 6.09. The predicted molar refractivity (Wildman–Crippen MR) is 38.1 cm³/mol. The Morgan fingerprint density at radius 1 is 1.78 bits per heavy atom. The van der Waals surface area contributed by atoms with Gasteiger partial charge in [-0.2, -0.15) is 0 Å². The Morgan fingerprint density at radius 3 is 2.33 bits per heavy atom. The molecule has 2 atom stereocenters. The van der Waals surface area contributed by atoms with E-state index in [2.05, 4.69) is 20.4 Å². The van der Waals surface area contributed by atoms with E-state index in [0.29, 0.717) is 11.3 Å². The average Bonchev–Trinajstić information content (AvgIpc) is 2.38. The molecule has 9 heavy (non-hydrogen) atoms. The van der Waals surface area contributed by atoms with Crippen molar-refractivity contribution in [3.63, 3.8) is 0 Å². The first-order valence-electron chi connectivity index (χ1n) is 3.38. The van der Waals surface area contributed by atoms with Gasteiger partial charge in [0.2, 0.25) is 0 Å². The lowest BCUT2D eigenvalue weighted by molar-refractivity contribution is 0.183. The molecule has 1 N–H and O–H groups in total. The highest BCUT2D eigenvalue weighted by Gasteiger charge is 2.48. The van der Waals surface area contributed by atoms with Crippen molar-refractivity contribution in [2.45, 2.75) is 26.4 Å². The Labute approximate surface area is 56.4 Å². The van der Waals surface area contributed by atoms with Crippen LogP contribution in [0.2, 0.25) is 0 Å². The summed E-state index contributed by atoms with van der Waals surface area (Å²) in [7, 11) is 0. The molecule has 1 nitrogen and oxygen atoms in total. The van der Waals surface area contributed by atoms with Gasteiger partial charge in [0.15, 0.2) is 0 Å². The van der Waals surface area contributed by atoms with E-state index in [1.54, 1.807) is 6.08 Å². The summed E-state index contributed by atoms with van der Waals surface area (Å²) in [6.07, 6.45) is 2.49. The molecule has 0 heterocycles. The molecule has 1 saturated carbocycles. The van der Waals surface area contributed by atoms with Gasteiger partial charge in [-0.05, 0) is 17.8 Å². The largest absolute Gasteiger partial charge is 0.389 e. The lowest BCUT2D eigenvalue weighted by atomic mass is 10.1. The summed E-state index contributed by atoms with van der Waals surface area (Å²) >= 11 is 0. The monoisotopic (exact) mass is 126 g/mol. The van der Waals surface area contributed by atoms with Crippen LogP contribution in [0, 0.1) is 11.3 Å². The minimum atomic E-state index is -0.278. The van der Waals surface area contributed by atoms with Gasteiger partial charge < -0.3 is 5.11 Å². The molecular weight excluding hydrogens is 112 g/mol. The second kappa shape index (κ2) is 1.84. The maximum Gasteiger partial charge on any atom is 0.0751 e. The SMILES string of the molecule is C=CC(O)C1CC1(C)C. The second-order valence-electron chi connectivity index (χ2n) is 3.53. The third-order valence-corrected chi connectivity index (χ3v) is 2.24. The Kier molecular flexibility index (Phi) is 1.39. The minimum Gasteiger partial charge on any atom is -0.389 e. The molecule has 1 fully saturated rings. The second-order valence-corrected chi connectivity index (χ2v) is 3.53. The van der Waals surface area contributed by atoms with Crippen molar-refractivity contribution in [3.05, 3.63) is 12.7 Å². The summed E-state index contributed by atoms with van der Waals surface area (Å²) in [4.78, 5) is 0. The zero-order valence-electron chi connectivity index (χ0n) is 6.09. The van der Waals surface area contributed by atoms with Crippen LogP contribution in [0.3, 0.4) is 0 Å². The molecular formula is C8H14O. The van der Waals surface area contributed by atoms with Crippen LogP contribution in [0.5, 0.6) is 0 Å². The Morgan fingerprint density at radius 2 is 2.22 bits per heavy atom. The summed E-state index contributed by atoms with van der Waals surface area (Å²) in [5.74, 6) is 0.468. The zero-order chi connectivity index (χ0) is 7.07. The van der Waals surface area contributed by atoms with Crippen LogP contribution in [0.1, 0.15) is 20.3 Å². The summed E-state index contributed by atoms with van der Waals surface area (Å²) in [6, 6.07) is 0. The Balaban J connectivity index is 2.42. The lowest BCUT2D eigenvalue weighted by Crippen LogP contribution is -2.08. The molecule has 52 valence electrons. The fourth-order valence-electron chi connectivity index (χ4n) is 1.26. The third kappa shape index (κ3) is 1.16. The molecule has 2 unspecified atom stereocenters. The van der Waals surface area contributed by atoms with Gasteiger partial charge in [0.25, 0.3) is 0 Å². The van der Waals surface area contributed by atoms with Crippen molar-refractivity contribution in [2.75, 3.05) is 0 Å². The van der Waals surface area contributed by atoms with Crippen molar-refractivity contribution < 1.29 is 5.11 Å². The number of rotatable bonds is 2. The van der Waals surface area contributed by atoms with Gasteiger partial charge in [-0.15, -0.1) is 6.58 Å². The van der Waals surface area contributed by atoms with E-state index in [4.69, 9.17) is 0 Å². The van der Waals surface area contributed by atoms with Crippen molar-refractivity contribution in [3.8, 4) is 0 Å². The average molecular weight is 126 g/mol. The summed E-state index contributed by atoms with van der Waals surface area (Å²) in [5, 5.41) is 9.22. The molecule has 0 radical (unpaired) electrons. The number of hydrogen-bond acceptors (Lipinski definition) is 1. The molecule has 0 bridgehead atoms. The van der Waals surface area contributed by atoms with E-state index >= 15 is 0 Å². The molecule has 1 rings (SSSR count). The van der Waals surface area contributed by atoms with Crippen molar-refractivity contribution in [2.24, 2.45) is 11.3 Å². The molecule has 1 aliphatic rings. The number of aliphatic hydroxyl groups excluding tert-OH is 1. The number of hydrogen-bond donors (Lipinski definition) is 1. The molecule has 0 aromatic heterocycles. The molecule has 0 saturated heterocycles. The topological polar surface area (TPSA) is 20.2 Å². The summed E-state index contributed by atoms with van der Waals surface area (Å²) in [5.41, 5.74) is 0.369. The van der Waals surface area contributed by atoms with Crippen molar-refractivity contribution in [1.29, 1.82) is 0 Å². The fraction of sp³-hybridized carbons (Fsp3) is 0.750. The highest BCUT2D eigenvalue weighted by atomic mass is 16.3. The molecule has 1 aliphatic carbocycles. The molecule has 0 aromatic carbocycles. The molecule has 1 heteroatoms. The van der Waals surface area contributed by atoms with Gasteiger partial charge in [-0.3, -0.25) is 0 Å². The molecule has 0 aliphatic heterocycles. The quantitative estimate of drug-likeness (QED) is 0.557.